The summed E-state index contributed by atoms with van der Waals surface area (Å²) < 4.78 is 35.0. The zero-order valence-corrected chi connectivity index (χ0v) is 22.1. The number of ether oxygens (including phenoxy) is 6. The van der Waals surface area contributed by atoms with E-state index in [0.717, 1.165) is 61.0 Å². The first kappa shape index (κ1) is 27.2. The number of hydrogen-bond acceptors (Lipinski definition) is 7. The van der Waals surface area contributed by atoms with Crippen LogP contribution in [0.5, 0.6) is 11.5 Å². The molecule has 2 saturated heterocycles. The molecule has 0 N–H and O–H groups in total. The van der Waals surface area contributed by atoms with Crippen molar-refractivity contribution in [3.8, 4) is 22.6 Å². The molecule has 2 aromatic rings. The highest BCUT2D eigenvalue weighted by atomic mass is 16.7. The minimum absolute atomic E-state index is 0.118. The van der Waals surface area contributed by atoms with E-state index in [1.54, 1.807) is 0 Å². The Bertz CT molecular complexity index is 1040. The van der Waals surface area contributed by atoms with Gasteiger partial charge in [0.25, 0.3) is 0 Å². The molecule has 1 unspecified atom stereocenters. The van der Waals surface area contributed by atoms with Crippen molar-refractivity contribution in [2.45, 2.75) is 58.5 Å². The highest BCUT2D eigenvalue weighted by Gasteiger charge is 2.42. The Hall–Kier alpha value is -2.87. The van der Waals surface area contributed by atoms with E-state index in [2.05, 4.69) is 37.8 Å². The monoisotopic (exact) mass is 510 g/mol. The molecule has 2 aromatic carbocycles. The van der Waals surface area contributed by atoms with Gasteiger partial charge in [0.05, 0.1) is 25.2 Å². The van der Waals surface area contributed by atoms with Gasteiger partial charge in [-0.1, -0.05) is 31.7 Å². The average molecular weight is 511 g/mol. The Labute approximate surface area is 219 Å². The van der Waals surface area contributed by atoms with Crippen molar-refractivity contribution in [1.29, 1.82) is 0 Å². The molecule has 2 aliphatic rings. The molecule has 7 nitrogen and oxygen atoms in total. The minimum atomic E-state index is -0.688. The lowest BCUT2D eigenvalue weighted by atomic mass is 9.90. The molecule has 0 spiro atoms. The smallest absolute Gasteiger partial charge is 0.330 e. The highest BCUT2D eigenvalue weighted by Crippen LogP contribution is 2.33. The summed E-state index contributed by atoms with van der Waals surface area (Å²) >= 11 is 0. The number of carbonyl (C=O) groups is 1. The van der Waals surface area contributed by atoms with Crippen LogP contribution < -0.4 is 9.47 Å². The second kappa shape index (κ2) is 12.1. The molecule has 37 heavy (non-hydrogen) atoms. The summed E-state index contributed by atoms with van der Waals surface area (Å²) in [6.45, 7) is 11.2. The lowest BCUT2D eigenvalue weighted by Crippen LogP contribution is -2.52. The number of aryl methyl sites for hydroxylation is 1. The summed E-state index contributed by atoms with van der Waals surface area (Å²) in [5.74, 6) is 0.391. The van der Waals surface area contributed by atoms with E-state index in [1.807, 2.05) is 32.0 Å². The maximum Gasteiger partial charge on any atom is 0.330 e. The second-order valence-corrected chi connectivity index (χ2v) is 10.2. The third kappa shape index (κ3) is 7.34. The van der Waals surface area contributed by atoms with Crippen molar-refractivity contribution >= 4 is 5.97 Å². The lowest BCUT2D eigenvalue weighted by molar-refractivity contribution is -0.294. The number of hydrogen-bond donors (Lipinski definition) is 0. The first-order valence-electron chi connectivity index (χ1n) is 13.0. The fourth-order valence-electron chi connectivity index (χ4n) is 4.37. The van der Waals surface area contributed by atoms with Crippen molar-refractivity contribution in [3.05, 3.63) is 60.7 Å². The van der Waals surface area contributed by atoms with Gasteiger partial charge in [-0.15, -0.1) is 0 Å². The fraction of sp³-hybridized carbons (Fsp3) is 0.500. The van der Waals surface area contributed by atoms with Gasteiger partial charge in [-0.25, -0.2) is 4.79 Å². The van der Waals surface area contributed by atoms with Gasteiger partial charge in [-0.05, 0) is 74.1 Å². The maximum atomic E-state index is 11.7. The first-order chi connectivity index (χ1) is 17.8. The van der Waals surface area contributed by atoms with Crippen LogP contribution in [0.3, 0.4) is 0 Å². The van der Waals surface area contributed by atoms with E-state index in [9.17, 15) is 4.79 Å². The third-order valence-electron chi connectivity index (χ3n) is 6.71. The van der Waals surface area contributed by atoms with Crippen LogP contribution in [0.4, 0.5) is 0 Å². The molecule has 2 aliphatic heterocycles. The van der Waals surface area contributed by atoms with Gasteiger partial charge in [-0.2, -0.15) is 0 Å². The summed E-state index contributed by atoms with van der Waals surface area (Å²) in [5.41, 5.74) is 2.82. The molecule has 0 aliphatic carbocycles. The number of carbonyl (C=O) groups excluding carboxylic acids is 1. The number of benzene rings is 2. The predicted octanol–water partition coefficient (Wildman–Crippen LogP) is 5.70. The molecular weight excluding hydrogens is 472 g/mol. The van der Waals surface area contributed by atoms with E-state index in [-0.39, 0.29) is 19.5 Å². The van der Waals surface area contributed by atoms with Crippen LogP contribution in [0.15, 0.2) is 55.1 Å². The molecule has 1 atom stereocenters. The largest absolute Gasteiger partial charge is 0.493 e. The zero-order valence-electron chi connectivity index (χ0n) is 22.1. The van der Waals surface area contributed by atoms with Crippen LogP contribution >= 0.6 is 0 Å². The lowest BCUT2D eigenvalue weighted by Gasteiger charge is -2.42. The first-order valence-corrected chi connectivity index (χ1v) is 13.0. The van der Waals surface area contributed by atoms with E-state index in [0.29, 0.717) is 13.2 Å². The van der Waals surface area contributed by atoms with Crippen LogP contribution in [0.2, 0.25) is 0 Å². The highest BCUT2D eigenvalue weighted by molar-refractivity contribution is 5.81. The molecule has 4 rings (SSSR count). The standard InChI is InChI=1S/C30H38O7/c1-5-22-17-25(33-18-30(19-34-27(31)6-2)20-35-29(3,4)36-21-30)14-15-26(22)23-10-12-24(13-11-23)37-28-9-7-8-16-32-28/h6,10-15,17,28H,2,5,7-9,16,18-21H2,1,3-4H3. The van der Waals surface area contributed by atoms with Crippen molar-refractivity contribution in [3.63, 3.8) is 0 Å². The third-order valence-corrected chi connectivity index (χ3v) is 6.71. The zero-order chi connectivity index (χ0) is 26.3. The Morgan fingerprint density at radius 1 is 1.05 bits per heavy atom. The van der Waals surface area contributed by atoms with E-state index < -0.39 is 17.2 Å². The van der Waals surface area contributed by atoms with E-state index in [1.165, 1.54) is 5.56 Å². The Kier molecular flexibility index (Phi) is 8.90. The average Bonchev–Trinajstić information content (AvgIpc) is 2.93. The van der Waals surface area contributed by atoms with Crippen molar-refractivity contribution in [1.82, 2.24) is 0 Å². The van der Waals surface area contributed by atoms with Gasteiger partial charge < -0.3 is 28.4 Å². The van der Waals surface area contributed by atoms with Gasteiger partial charge in [-0.3, -0.25) is 0 Å². The SMILES string of the molecule is C=CC(=O)OCC1(COc2ccc(-c3ccc(OC4CCCCO4)cc3)c(CC)c2)COC(C)(C)OC1. The molecule has 2 fully saturated rings. The van der Waals surface area contributed by atoms with Crippen LogP contribution in [0.25, 0.3) is 11.1 Å². The van der Waals surface area contributed by atoms with E-state index >= 15 is 0 Å². The van der Waals surface area contributed by atoms with Crippen molar-refractivity contribution in [2.75, 3.05) is 33.0 Å². The van der Waals surface area contributed by atoms with Gasteiger partial charge in [0.2, 0.25) is 0 Å². The van der Waals surface area contributed by atoms with Gasteiger partial charge in [0.15, 0.2) is 12.1 Å². The maximum absolute atomic E-state index is 11.7. The summed E-state index contributed by atoms with van der Waals surface area (Å²) in [6, 6.07) is 14.3. The second-order valence-electron chi connectivity index (χ2n) is 10.2. The normalized spacial score (nSPS) is 20.6. The van der Waals surface area contributed by atoms with Crippen LogP contribution in [-0.4, -0.2) is 51.1 Å². The molecule has 0 bridgehead atoms. The van der Waals surface area contributed by atoms with Crippen LogP contribution in [0, 0.1) is 5.41 Å². The summed E-state index contributed by atoms with van der Waals surface area (Å²) in [6.07, 6.45) is 5.01. The van der Waals surface area contributed by atoms with Crippen molar-refractivity contribution in [2.24, 2.45) is 5.41 Å². The molecule has 2 heterocycles. The quantitative estimate of drug-likeness (QED) is 0.300. The molecule has 0 aromatic heterocycles. The van der Waals surface area contributed by atoms with E-state index in [4.69, 9.17) is 28.4 Å². The number of esters is 1. The minimum Gasteiger partial charge on any atom is -0.493 e. The van der Waals surface area contributed by atoms with Gasteiger partial charge in [0, 0.05) is 12.5 Å². The Balaban J connectivity index is 1.43. The van der Waals surface area contributed by atoms with Crippen LogP contribution in [-0.2, 0) is 30.2 Å². The fourth-order valence-corrected chi connectivity index (χ4v) is 4.37. The molecule has 0 radical (unpaired) electrons. The van der Waals surface area contributed by atoms with Crippen LogP contribution in [0.1, 0.15) is 45.6 Å². The molecular formula is C30H38O7. The summed E-state index contributed by atoms with van der Waals surface area (Å²) in [4.78, 5) is 11.7. The summed E-state index contributed by atoms with van der Waals surface area (Å²) in [5, 5.41) is 0. The van der Waals surface area contributed by atoms with Gasteiger partial charge >= 0.3 is 5.97 Å². The Morgan fingerprint density at radius 2 is 1.78 bits per heavy atom. The molecule has 0 amide bonds. The van der Waals surface area contributed by atoms with Gasteiger partial charge in [0.1, 0.15) is 24.7 Å². The summed E-state index contributed by atoms with van der Waals surface area (Å²) in [7, 11) is 0. The molecule has 0 saturated carbocycles. The number of rotatable bonds is 10. The molecule has 200 valence electrons. The Morgan fingerprint density at radius 3 is 2.43 bits per heavy atom. The predicted molar refractivity (Wildman–Crippen MR) is 141 cm³/mol. The topological polar surface area (TPSA) is 72.5 Å². The van der Waals surface area contributed by atoms with Crippen molar-refractivity contribution < 1.29 is 33.2 Å². The molecule has 7 heteroatoms.